The number of carbonyl (C=O) groups excluding carboxylic acids is 2. The molecule has 0 saturated heterocycles. The quantitative estimate of drug-likeness (QED) is 0.787. The Morgan fingerprint density at radius 3 is 2.43 bits per heavy atom. The van der Waals surface area contributed by atoms with Gasteiger partial charge < -0.3 is 0 Å². The van der Waals surface area contributed by atoms with Gasteiger partial charge in [0.1, 0.15) is 0 Å². The summed E-state index contributed by atoms with van der Waals surface area (Å²) in [6, 6.07) is 6.58. The van der Waals surface area contributed by atoms with Crippen LogP contribution < -0.4 is 0 Å². The molecule has 0 bridgehead atoms. The van der Waals surface area contributed by atoms with E-state index in [1.807, 2.05) is 0 Å². The van der Waals surface area contributed by atoms with Crippen LogP contribution in [0.5, 0.6) is 0 Å². The van der Waals surface area contributed by atoms with Gasteiger partial charge >= 0.3 is 6.18 Å². The van der Waals surface area contributed by atoms with Crippen LogP contribution in [0.25, 0.3) is 0 Å². The van der Waals surface area contributed by atoms with Crippen LogP contribution in [0.2, 0.25) is 0 Å². The lowest BCUT2D eigenvalue weighted by atomic mass is 9.76. The molecular formula is C18H17F3O2. The Labute approximate surface area is 132 Å². The third kappa shape index (κ3) is 3.23. The van der Waals surface area contributed by atoms with Crippen molar-refractivity contribution in [2.45, 2.75) is 38.3 Å². The number of benzene rings is 1. The number of Topliss-reactive ketones (excluding diaryl/α,β-unsaturated/α-hetero) is 1. The first-order valence-electron chi connectivity index (χ1n) is 7.81. The van der Waals surface area contributed by atoms with E-state index in [0.29, 0.717) is 29.5 Å². The van der Waals surface area contributed by atoms with Crippen LogP contribution in [0.3, 0.4) is 0 Å². The lowest BCUT2D eigenvalue weighted by Gasteiger charge is -2.31. The molecular weight excluding hydrogens is 305 g/mol. The van der Waals surface area contributed by atoms with E-state index >= 15 is 0 Å². The van der Waals surface area contributed by atoms with Gasteiger partial charge in [-0.2, -0.15) is 13.2 Å². The second-order valence-electron chi connectivity index (χ2n) is 6.38. The summed E-state index contributed by atoms with van der Waals surface area (Å²) in [6.07, 6.45) is -1.22. The Hall–Kier alpha value is -1.91. The fourth-order valence-corrected chi connectivity index (χ4v) is 3.61. The second kappa shape index (κ2) is 5.95. The van der Waals surface area contributed by atoms with Gasteiger partial charge in [0, 0.05) is 16.7 Å². The molecule has 0 aliphatic heterocycles. The molecule has 2 atom stereocenters. The maximum absolute atomic E-state index is 12.9. The van der Waals surface area contributed by atoms with Crippen LogP contribution in [-0.2, 0) is 0 Å². The van der Waals surface area contributed by atoms with Crippen LogP contribution in [0, 0.1) is 11.8 Å². The van der Waals surface area contributed by atoms with Gasteiger partial charge in [-0.3, -0.25) is 9.59 Å². The molecule has 2 aliphatic rings. The van der Waals surface area contributed by atoms with Gasteiger partial charge in [-0.1, -0.05) is 37.1 Å². The topological polar surface area (TPSA) is 34.1 Å². The Balaban J connectivity index is 1.76. The van der Waals surface area contributed by atoms with E-state index in [9.17, 15) is 22.8 Å². The molecule has 2 unspecified atom stereocenters. The normalized spacial score (nSPS) is 25.1. The number of alkyl halides is 3. The van der Waals surface area contributed by atoms with E-state index in [2.05, 4.69) is 0 Å². The van der Waals surface area contributed by atoms with Crippen LogP contribution in [0.4, 0.5) is 13.2 Å². The number of fused-ring (bicyclic) bond motifs is 1. The fraction of sp³-hybridized carbons (Fsp3) is 0.444. The first-order valence-corrected chi connectivity index (χ1v) is 7.81. The van der Waals surface area contributed by atoms with Crippen molar-refractivity contribution in [3.63, 3.8) is 0 Å². The van der Waals surface area contributed by atoms with Gasteiger partial charge in [-0.15, -0.1) is 0 Å². The first-order chi connectivity index (χ1) is 10.9. The van der Waals surface area contributed by atoms with Crippen LogP contribution in [0.1, 0.15) is 52.8 Å². The van der Waals surface area contributed by atoms with Crippen LogP contribution in [0.15, 0.2) is 35.9 Å². The molecule has 1 aromatic rings. The molecule has 2 aliphatic carbocycles. The summed E-state index contributed by atoms with van der Waals surface area (Å²) in [5.41, 5.74) is 1.08. The number of carbonyl (C=O) groups is 2. The number of halogens is 3. The zero-order valence-electron chi connectivity index (χ0n) is 12.5. The van der Waals surface area contributed by atoms with E-state index < -0.39 is 12.1 Å². The Morgan fingerprint density at radius 1 is 1.04 bits per heavy atom. The first kappa shape index (κ1) is 16.0. The molecule has 2 nitrogen and oxygen atoms in total. The van der Waals surface area contributed by atoms with Gasteiger partial charge in [0.15, 0.2) is 11.6 Å². The molecule has 0 heterocycles. The molecule has 122 valence electrons. The summed E-state index contributed by atoms with van der Waals surface area (Å²) < 4.78 is 38.7. The summed E-state index contributed by atoms with van der Waals surface area (Å²) in [5, 5.41) is 0. The van der Waals surface area contributed by atoms with E-state index in [1.165, 1.54) is 6.08 Å². The largest absolute Gasteiger partial charge is 0.391 e. The minimum Gasteiger partial charge on any atom is -0.289 e. The molecule has 0 radical (unpaired) electrons. The summed E-state index contributed by atoms with van der Waals surface area (Å²) in [4.78, 5) is 24.6. The molecule has 23 heavy (non-hydrogen) atoms. The maximum atomic E-state index is 12.9. The van der Waals surface area contributed by atoms with Gasteiger partial charge in [-0.05, 0) is 31.3 Å². The summed E-state index contributed by atoms with van der Waals surface area (Å²) in [6.45, 7) is 0. The van der Waals surface area contributed by atoms with Crippen molar-refractivity contribution >= 4 is 11.6 Å². The summed E-state index contributed by atoms with van der Waals surface area (Å²) in [7, 11) is 0. The smallest absolute Gasteiger partial charge is 0.289 e. The van der Waals surface area contributed by atoms with Crippen molar-refractivity contribution in [2.24, 2.45) is 11.8 Å². The summed E-state index contributed by atoms with van der Waals surface area (Å²) in [5.74, 6) is -1.94. The molecule has 3 rings (SSSR count). The van der Waals surface area contributed by atoms with E-state index in [4.69, 9.17) is 0 Å². The van der Waals surface area contributed by atoms with E-state index in [0.717, 1.165) is 0 Å². The molecule has 0 amide bonds. The molecule has 1 fully saturated rings. The van der Waals surface area contributed by atoms with Crippen molar-refractivity contribution < 1.29 is 22.8 Å². The zero-order chi connectivity index (χ0) is 16.6. The second-order valence-corrected chi connectivity index (χ2v) is 6.38. The van der Waals surface area contributed by atoms with Crippen LogP contribution in [-0.4, -0.2) is 17.7 Å². The van der Waals surface area contributed by atoms with Gasteiger partial charge in [-0.25, -0.2) is 0 Å². The van der Waals surface area contributed by atoms with Crippen molar-refractivity contribution in [1.82, 2.24) is 0 Å². The molecule has 0 aromatic heterocycles. The average molecular weight is 322 g/mol. The van der Waals surface area contributed by atoms with Crippen molar-refractivity contribution in [3.8, 4) is 0 Å². The molecule has 1 saturated carbocycles. The molecule has 5 heteroatoms. The summed E-state index contributed by atoms with van der Waals surface area (Å²) >= 11 is 0. The zero-order valence-corrected chi connectivity index (χ0v) is 12.5. The maximum Gasteiger partial charge on any atom is 0.391 e. The minimum atomic E-state index is -4.17. The third-order valence-corrected chi connectivity index (χ3v) is 4.79. The SMILES string of the molecule is O=C1C=C(CC2CCCC(C(F)(F)F)C2)C(=O)c2ccccc21. The predicted octanol–water partition coefficient (Wildman–Crippen LogP) is 4.75. The molecule has 0 N–H and O–H groups in total. The lowest BCUT2D eigenvalue weighted by Crippen LogP contribution is -2.29. The molecule has 1 aromatic carbocycles. The standard InChI is InChI=1S/C18H17F3O2/c19-18(20,21)13-5-3-4-11(9-13)8-12-10-16(22)14-6-1-2-7-15(14)17(12)23/h1-2,6-7,10-11,13H,3-5,8-9H2. The number of hydrogen-bond acceptors (Lipinski definition) is 2. The van der Waals surface area contributed by atoms with Crippen molar-refractivity contribution in [1.29, 1.82) is 0 Å². The highest BCUT2D eigenvalue weighted by molar-refractivity contribution is 6.24. The van der Waals surface area contributed by atoms with E-state index in [-0.39, 0.29) is 36.7 Å². The number of ketones is 2. The third-order valence-electron chi connectivity index (χ3n) is 4.79. The van der Waals surface area contributed by atoms with Crippen LogP contribution >= 0.6 is 0 Å². The van der Waals surface area contributed by atoms with Crippen molar-refractivity contribution in [3.05, 3.63) is 47.0 Å². The Kier molecular flexibility index (Phi) is 4.13. The van der Waals surface area contributed by atoms with Gasteiger partial charge in [0.2, 0.25) is 0 Å². The predicted molar refractivity (Wildman–Crippen MR) is 79.3 cm³/mol. The monoisotopic (exact) mass is 322 g/mol. The average Bonchev–Trinajstić information content (AvgIpc) is 2.52. The van der Waals surface area contributed by atoms with E-state index in [1.54, 1.807) is 24.3 Å². The highest BCUT2D eigenvalue weighted by atomic mass is 19.4. The van der Waals surface area contributed by atoms with Gasteiger partial charge in [0.05, 0.1) is 5.92 Å². The fourth-order valence-electron chi connectivity index (χ4n) is 3.61. The van der Waals surface area contributed by atoms with Crippen molar-refractivity contribution in [2.75, 3.05) is 0 Å². The Morgan fingerprint density at radius 2 is 1.74 bits per heavy atom. The number of rotatable bonds is 2. The highest BCUT2D eigenvalue weighted by Gasteiger charge is 2.42. The number of allylic oxidation sites excluding steroid dienone is 2. The minimum absolute atomic E-state index is 0.0456. The Bertz CT molecular complexity index is 673. The van der Waals surface area contributed by atoms with Gasteiger partial charge in [0.25, 0.3) is 0 Å². The lowest BCUT2D eigenvalue weighted by molar-refractivity contribution is -0.185. The molecule has 0 spiro atoms. The highest BCUT2D eigenvalue weighted by Crippen LogP contribution is 2.42. The number of hydrogen-bond donors (Lipinski definition) is 0.